The zero-order valence-corrected chi connectivity index (χ0v) is 29.2. The minimum Gasteiger partial charge on any atom is -0.467 e. The Kier molecular flexibility index (Phi) is 12.3. The molecule has 0 unspecified atom stereocenters. The molecule has 0 aliphatic heterocycles. The molecular weight excluding hydrogens is 572 g/mol. The number of esters is 1. The Balaban J connectivity index is 2.10. The topological polar surface area (TPSA) is 72.5 Å². The number of ether oxygens (including phenoxy) is 5. The first kappa shape index (κ1) is 35.4. The predicted octanol–water partition coefficient (Wildman–Crippen LogP) is 8.07. The van der Waals surface area contributed by atoms with Crippen LogP contribution in [0.25, 0.3) is 0 Å². The Morgan fingerprint density at radius 3 is 2.07 bits per heavy atom. The monoisotopic (exact) mass is 622 g/mol. The summed E-state index contributed by atoms with van der Waals surface area (Å²) >= 11 is 0. The Labute approximate surface area is 265 Å². The highest BCUT2D eigenvalue weighted by Gasteiger charge is 2.45. The van der Waals surface area contributed by atoms with Crippen molar-refractivity contribution in [3.05, 3.63) is 65.2 Å². The Hall–Kier alpha value is -3.09. The summed E-state index contributed by atoms with van der Waals surface area (Å²) in [4.78, 5) is 11.6. The van der Waals surface area contributed by atoms with Crippen molar-refractivity contribution in [3.63, 3.8) is 0 Å². The minimum atomic E-state index is -1.97. The quantitative estimate of drug-likeness (QED) is 0.0627. The molecule has 0 saturated heterocycles. The molecule has 1 aliphatic carbocycles. The third-order valence-electron chi connectivity index (χ3n) is 8.74. The van der Waals surface area contributed by atoms with Crippen molar-refractivity contribution >= 4 is 14.3 Å². The zero-order chi connectivity index (χ0) is 32.7. The summed E-state index contributed by atoms with van der Waals surface area (Å²) in [5.41, 5.74) is 3.34. The fourth-order valence-electron chi connectivity index (χ4n) is 5.42. The number of rotatable bonds is 11. The van der Waals surface area contributed by atoms with Crippen LogP contribution < -0.4 is 14.2 Å². The maximum Gasteiger partial charge on any atom is 0.308 e. The second-order valence-corrected chi connectivity index (χ2v) is 18.0. The van der Waals surface area contributed by atoms with Crippen molar-refractivity contribution in [2.24, 2.45) is 11.8 Å². The summed E-state index contributed by atoms with van der Waals surface area (Å²) < 4.78 is 35.4. The van der Waals surface area contributed by atoms with Crippen LogP contribution >= 0.6 is 0 Å². The maximum absolute atomic E-state index is 11.6. The van der Waals surface area contributed by atoms with E-state index in [1.807, 2.05) is 24.3 Å². The van der Waals surface area contributed by atoms with E-state index in [1.54, 1.807) is 26.4 Å². The molecule has 7 nitrogen and oxygen atoms in total. The normalized spacial score (nSPS) is 20.3. The number of hydrogen-bond acceptors (Lipinski definition) is 7. The Morgan fingerprint density at radius 1 is 0.955 bits per heavy atom. The first-order chi connectivity index (χ1) is 20.7. The number of para-hydroxylation sites is 1. The highest BCUT2D eigenvalue weighted by atomic mass is 28.4. The molecule has 1 saturated carbocycles. The van der Waals surface area contributed by atoms with Crippen molar-refractivity contribution in [3.8, 4) is 29.1 Å². The van der Waals surface area contributed by atoms with E-state index in [0.29, 0.717) is 34.3 Å². The van der Waals surface area contributed by atoms with Crippen LogP contribution in [0.2, 0.25) is 18.1 Å². The van der Waals surface area contributed by atoms with Crippen molar-refractivity contribution in [1.29, 1.82) is 0 Å². The van der Waals surface area contributed by atoms with Crippen LogP contribution in [0.3, 0.4) is 0 Å². The average Bonchev–Trinajstić information content (AvgIpc) is 2.94. The third kappa shape index (κ3) is 8.98. The second-order valence-electron chi connectivity index (χ2n) is 13.3. The van der Waals surface area contributed by atoms with Crippen LogP contribution in [0.5, 0.6) is 17.2 Å². The van der Waals surface area contributed by atoms with Gasteiger partial charge in [0, 0.05) is 38.4 Å². The number of benzene rings is 2. The molecule has 0 bridgehead atoms. The van der Waals surface area contributed by atoms with Gasteiger partial charge in [-0.05, 0) is 79.9 Å². The van der Waals surface area contributed by atoms with E-state index in [-0.39, 0.29) is 36.6 Å². The molecule has 44 heavy (non-hydrogen) atoms. The van der Waals surface area contributed by atoms with Crippen LogP contribution in [-0.2, 0) is 18.7 Å². The Morgan fingerprint density at radius 2 is 1.55 bits per heavy atom. The van der Waals surface area contributed by atoms with Crippen molar-refractivity contribution in [1.82, 2.24) is 0 Å². The van der Waals surface area contributed by atoms with E-state index < -0.39 is 14.3 Å². The van der Waals surface area contributed by atoms with E-state index in [9.17, 15) is 4.79 Å². The molecule has 2 aromatic carbocycles. The maximum atomic E-state index is 11.6. The predicted molar refractivity (Wildman–Crippen MR) is 177 cm³/mol. The Bertz CT molecular complexity index is 1340. The van der Waals surface area contributed by atoms with E-state index in [1.165, 1.54) is 6.92 Å². The molecule has 4 atom stereocenters. The number of allylic oxidation sites excluding steroid dienone is 1. The average molecular weight is 623 g/mol. The molecule has 3 rings (SSSR count). The largest absolute Gasteiger partial charge is 0.467 e. The molecule has 0 amide bonds. The van der Waals surface area contributed by atoms with Crippen molar-refractivity contribution < 1.29 is 32.9 Å². The fraction of sp³-hybridized carbons (Fsp3) is 0.528. The lowest BCUT2D eigenvalue weighted by Crippen LogP contribution is -2.48. The van der Waals surface area contributed by atoms with E-state index in [2.05, 4.69) is 66.1 Å². The second kappa shape index (κ2) is 15.3. The van der Waals surface area contributed by atoms with Gasteiger partial charge in [-0.2, -0.15) is 0 Å². The number of methoxy groups -OCH3 is 2. The number of hydrogen-bond donors (Lipinski definition) is 0. The van der Waals surface area contributed by atoms with Crippen LogP contribution in [-0.4, -0.2) is 48.2 Å². The standard InChI is InChI=1S/C36H50O7Si/c1-24(2)29-21-32(43-44(10,11)36(5,6)7)25(3)18-30(29)35-33(40-22-38-8)19-27(20-34(35)41-23-39-9)16-17-28-14-12-13-15-31(28)42-26(4)37/h12-15,19-20,25,29-30,32H,1,18,21-23H2,2-11H3/t25-,29-,30+,32-/m1/s1. The van der Waals surface area contributed by atoms with Crippen LogP contribution in [0.1, 0.15) is 77.0 Å². The number of carbonyl (C=O) groups excluding carboxylic acids is 1. The molecule has 0 heterocycles. The summed E-state index contributed by atoms with van der Waals surface area (Å²) in [6, 6.07) is 11.0. The molecule has 240 valence electrons. The molecule has 0 aromatic heterocycles. The molecular formula is C36H50O7Si. The highest BCUT2D eigenvalue weighted by Crippen LogP contribution is 2.51. The van der Waals surface area contributed by atoms with Gasteiger partial charge in [-0.25, -0.2) is 0 Å². The van der Waals surface area contributed by atoms with Gasteiger partial charge in [0.15, 0.2) is 21.9 Å². The first-order valence-corrected chi connectivity index (χ1v) is 18.1. The van der Waals surface area contributed by atoms with E-state index >= 15 is 0 Å². The van der Waals surface area contributed by atoms with Crippen molar-refractivity contribution in [2.45, 2.75) is 84.5 Å². The molecule has 0 N–H and O–H groups in total. The molecule has 2 aromatic rings. The third-order valence-corrected chi connectivity index (χ3v) is 13.2. The molecule has 0 spiro atoms. The zero-order valence-electron chi connectivity index (χ0n) is 28.2. The summed E-state index contributed by atoms with van der Waals surface area (Å²) in [7, 11) is 1.22. The van der Waals surface area contributed by atoms with Gasteiger partial charge in [-0.1, -0.05) is 63.8 Å². The highest BCUT2D eigenvalue weighted by molar-refractivity contribution is 6.74. The lowest BCUT2D eigenvalue weighted by Gasteiger charge is -2.46. The van der Waals surface area contributed by atoms with Gasteiger partial charge in [0.1, 0.15) is 17.2 Å². The summed E-state index contributed by atoms with van der Waals surface area (Å²) in [5.74, 6) is 8.20. The lowest BCUT2D eigenvalue weighted by atomic mass is 9.67. The van der Waals surface area contributed by atoms with Gasteiger partial charge in [0.05, 0.1) is 5.56 Å². The van der Waals surface area contributed by atoms with Gasteiger partial charge < -0.3 is 28.1 Å². The van der Waals surface area contributed by atoms with Crippen molar-refractivity contribution in [2.75, 3.05) is 27.8 Å². The van der Waals surface area contributed by atoms with E-state index in [0.717, 1.165) is 24.0 Å². The first-order valence-electron chi connectivity index (χ1n) is 15.2. The lowest BCUT2D eigenvalue weighted by molar-refractivity contribution is -0.131. The molecule has 0 radical (unpaired) electrons. The summed E-state index contributed by atoms with van der Waals surface area (Å²) in [6.07, 6.45) is 1.89. The minimum absolute atomic E-state index is 0.0694. The van der Waals surface area contributed by atoms with E-state index in [4.69, 9.17) is 28.1 Å². The van der Waals surface area contributed by atoms with Crippen LogP contribution in [0.4, 0.5) is 0 Å². The smallest absolute Gasteiger partial charge is 0.308 e. The van der Waals surface area contributed by atoms with Crippen LogP contribution in [0, 0.1) is 23.7 Å². The summed E-state index contributed by atoms with van der Waals surface area (Å²) in [6.45, 7) is 21.8. The van der Waals surface area contributed by atoms with Gasteiger partial charge >= 0.3 is 5.97 Å². The molecule has 1 aliphatic rings. The summed E-state index contributed by atoms with van der Waals surface area (Å²) in [5, 5.41) is 0.125. The van der Waals surface area contributed by atoms with Gasteiger partial charge in [-0.15, -0.1) is 0 Å². The molecule has 8 heteroatoms. The van der Waals surface area contributed by atoms with Gasteiger partial charge in [0.2, 0.25) is 0 Å². The SMILES string of the molecule is C=C(C)[C@H]1C[C@@H](O[Si](C)(C)C(C)(C)C)[C@H](C)C[C@@H]1c1c(OCOC)cc(C#Cc2ccccc2OC(C)=O)cc1OCOC. The van der Waals surface area contributed by atoms with Crippen LogP contribution in [0.15, 0.2) is 48.6 Å². The molecule has 1 fully saturated rings. The van der Waals surface area contributed by atoms with Gasteiger partial charge in [-0.3, -0.25) is 4.79 Å². The fourth-order valence-corrected chi connectivity index (χ4v) is 6.86. The van der Waals surface area contributed by atoms with Gasteiger partial charge in [0.25, 0.3) is 0 Å². The number of carbonyl (C=O) groups is 1.